The Morgan fingerprint density at radius 2 is 1.86 bits per heavy atom. The number of hydrogen-bond donors (Lipinski definition) is 2. The van der Waals surface area contributed by atoms with Crippen LogP contribution >= 0.6 is 0 Å². The maximum absolute atomic E-state index is 9.19. The Morgan fingerprint density at radius 3 is 2.14 bits per heavy atom. The van der Waals surface area contributed by atoms with Crippen LogP contribution in [0.2, 0.25) is 0 Å². The molecule has 1 rings (SSSR count). The van der Waals surface area contributed by atoms with Gasteiger partial charge in [-0.3, -0.25) is 4.55 Å². The second-order valence-electron chi connectivity index (χ2n) is 2.85. The molecule has 0 saturated carbocycles. The average molecular weight is 217 g/mol. The molecule has 80 valence electrons. The summed E-state index contributed by atoms with van der Waals surface area (Å²) in [5.74, 6) is 0. The molecule has 0 radical (unpaired) electrons. The third-order valence-corrected chi connectivity index (χ3v) is 1.31. The van der Waals surface area contributed by atoms with E-state index in [0.717, 1.165) is 0 Å². The van der Waals surface area contributed by atoms with Gasteiger partial charge >= 0.3 is 0 Å². The average Bonchev–Trinajstić information content (AvgIpc) is 2.01. The summed E-state index contributed by atoms with van der Waals surface area (Å²) >= 11 is 0. The Morgan fingerprint density at radius 1 is 1.36 bits per heavy atom. The molecule has 4 nitrogen and oxygen atoms in total. The first-order chi connectivity index (χ1) is 6.33. The van der Waals surface area contributed by atoms with Gasteiger partial charge in [0.2, 0.25) is 0 Å². The van der Waals surface area contributed by atoms with E-state index in [1.165, 1.54) is 11.3 Å². The number of hydrogen-bond acceptors (Lipinski definition) is 3. The Labute approximate surface area is 84.7 Å². The second kappa shape index (κ2) is 5.62. The van der Waals surface area contributed by atoms with Crippen LogP contribution in [-0.4, -0.2) is 26.3 Å². The normalized spacial score (nSPS) is 10.0. The summed E-state index contributed by atoms with van der Waals surface area (Å²) in [7, 11) is -1.74. The fraction of sp³-hybridized carbons (Fsp3) is 0.333. The summed E-state index contributed by atoms with van der Waals surface area (Å²) < 4.78 is 25.9. The Balaban J connectivity index is 0.000000292. The van der Waals surface area contributed by atoms with E-state index in [2.05, 4.69) is 24.4 Å². The fourth-order valence-corrected chi connectivity index (χ4v) is 0.801. The maximum Gasteiger partial charge on any atom is 0.261 e. The lowest BCUT2D eigenvalue weighted by molar-refractivity contribution is 0.490. The molecular weight excluding hydrogens is 202 g/mol. The standard InChI is InChI=1S/C8H11N.CH4O3S/c1-7-4-3-5-8(6-7)9-2;1-5(2,3)4/h3-6,9H,1-2H3;1H3,(H,2,3,4). The molecule has 0 spiro atoms. The van der Waals surface area contributed by atoms with Gasteiger partial charge in [-0.05, 0) is 24.6 Å². The predicted molar refractivity (Wildman–Crippen MR) is 58.2 cm³/mol. The molecule has 1 aromatic rings. The molecule has 0 saturated heterocycles. The van der Waals surface area contributed by atoms with Gasteiger partial charge in [-0.25, -0.2) is 0 Å². The molecule has 14 heavy (non-hydrogen) atoms. The molecule has 0 heterocycles. The monoisotopic (exact) mass is 217 g/mol. The number of benzene rings is 1. The van der Waals surface area contributed by atoms with E-state index in [-0.39, 0.29) is 0 Å². The third kappa shape index (κ3) is 9.02. The molecule has 0 fully saturated rings. The lowest BCUT2D eigenvalue weighted by Crippen LogP contribution is -1.88. The molecule has 5 heteroatoms. The van der Waals surface area contributed by atoms with E-state index in [1.807, 2.05) is 19.2 Å². The lowest BCUT2D eigenvalue weighted by atomic mass is 10.2. The van der Waals surface area contributed by atoms with Crippen LogP contribution in [0.25, 0.3) is 0 Å². The van der Waals surface area contributed by atoms with E-state index in [1.54, 1.807) is 0 Å². The topological polar surface area (TPSA) is 66.4 Å². The minimum absolute atomic E-state index is 0.715. The summed E-state index contributed by atoms with van der Waals surface area (Å²) in [5.41, 5.74) is 2.47. The SMILES string of the molecule is CNc1cccc(C)c1.CS(=O)(=O)O. The second-order valence-corrected chi connectivity index (χ2v) is 4.32. The number of anilines is 1. The van der Waals surface area contributed by atoms with Crippen LogP contribution in [0, 0.1) is 6.92 Å². The molecule has 1 aromatic carbocycles. The van der Waals surface area contributed by atoms with Crippen LogP contribution in [0.15, 0.2) is 24.3 Å². The van der Waals surface area contributed by atoms with E-state index < -0.39 is 10.1 Å². The molecular formula is C9H15NO3S. The van der Waals surface area contributed by atoms with Crippen molar-refractivity contribution in [3.8, 4) is 0 Å². The van der Waals surface area contributed by atoms with Crippen molar-refractivity contribution in [3.63, 3.8) is 0 Å². The summed E-state index contributed by atoms with van der Waals surface area (Å²) in [6.07, 6.45) is 0.715. The zero-order valence-corrected chi connectivity index (χ0v) is 9.30. The molecule has 0 bridgehead atoms. The fourth-order valence-electron chi connectivity index (χ4n) is 0.801. The van der Waals surface area contributed by atoms with Crippen molar-refractivity contribution in [2.45, 2.75) is 6.92 Å². The number of rotatable bonds is 1. The van der Waals surface area contributed by atoms with Gasteiger partial charge in [0.1, 0.15) is 0 Å². The molecule has 0 atom stereocenters. The molecule has 0 aliphatic heterocycles. The minimum atomic E-state index is -3.67. The Hall–Kier alpha value is -1.07. The van der Waals surface area contributed by atoms with E-state index in [4.69, 9.17) is 4.55 Å². The van der Waals surface area contributed by atoms with Crippen LogP contribution in [0.4, 0.5) is 5.69 Å². The van der Waals surface area contributed by atoms with Crippen LogP contribution in [0.5, 0.6) is 0 Å². The molecule has 0 aromatic heterocycles. The van der Waals surface area contributed by atoms with Crippen LogP contribution in [0.3, 0.4) is 0 Å². The largest absolute Gasteiger partial charge is 0.388 e. The maximum atomic E-state index is 9.19. The van der Waals surface area contributed by atoms with Crippen molar-refractivity contribution < 1.29 is 13.0 Å². The van der Waals surface area contributed by atoms with Crippen LogP contribution in [-0.2, 0) is 10.1 Å². The van der Waals surface area contributed by atoms with Crippen molar-refractivity contribution in [3.05, 3.63) is 29.8 Å². The summed E-state index contributed by atoms with van der Waals surface area (Å²) in [4.78, 5) is 0. The van der Waals surface area contributed by atoms with Gasteiger partial charge in [0.05, 0.1) is 6.26 Å². The highest BCUT2D eigenvalue weighted by atomic mass is 32.2. The summed E-state index contributed by atoms with van der Waals surface area (Å²) in [5, 5.41) is 3.07. The third-order valence-electron chi connectivity index (χ3n) is 1.31. The van der Waals surface area contributed by atoms with E-state index in [0.29, 0.717) is 6.26 Å². The zero-order valence-electron chi connectivity index (χ0n) is 8.48. The van der Waals surface area contributed by atoms with Crippen molar-refractivity contribution in [2.24, 2.45) is 0 Å². The van der Waals surface area contributed by atoms with Gasteiger partial charge in [-0.15, -0.1) is 0 Å². The smallest absolute Gasteiger partial charge is 0.261 e. The number of nitrogens with one attached hydrogen (secondary N) is 1. The molecule has 0 unspecified atom stereocenters. The van der Waals surface area contributed by atoms with E-state index >= 15 is 0 Å². The first-order valence-electron chi connectivity index (χ1n) is 4.00. The highest BCUT2D eigenvalue weighted by Crippen LogP contribution is 2.07. The first kappa shape index (κ1) is 12.9. The van der Waals surface area contributed by atoms with Gasteiger partial charge < -0.3 is 5.32 Å². The molecule has 0 aliphatic rings. The van der Waals surface area contributed by atoms with Crippen LogP contribution in [0.1, 0.15) is 5.56 Å². The predicted octanol–water partition coefficient (Wildman–Crippen LogP) is 1.54. The van der Waals surface area contributed by atoms with Gasteiger partial charge in [0.25, 0.3) is 10.1 Å². The lowest BCUT2D eigenvalue weighted by Gasteiger charge is -1.98. The van der Waals surface area contributed by atoms with Crippen molar-refractivity contribution in [2.75, 3.05) is 18.6 Å². The van der Waals surface area contributed by atoms with Crippen molar-refractivity contribution >= 4 is 15.8 Å². The quantitative estimate of drug-likeness (QED) is 0.700. The van der Waals surface area contributed by atoms with Gasteiger partial charge in [-0.2, -0.15) is 8.42 Å². The van der Waals surface area contributed by atoms with Crippen LogP contribution < -0.4 is 5.32 Å². The summed E-state index contributed by atoms with van der Waals surface area (Å²) in [6.45, 7) is 2.08. The Kier molecular flexibility index (Phi) is 5.19. The zero-order chi connectivity index (χ0) is 11.2. The van der Waals surface area contributed by atoms with E-state index in [9.17, 15) is 8.42 Å². The first-order valence-corrected chi connectivity index (χ1v) is 5.84. The van der Waals surface area contributed by atoms with Gasteiger partial charge in [0.15, 0.2) is 0 Å². The van der Waals surface area contributed by atoms with Crippen molar-refractivity contribution in [1.29, 1.82) is 0 Å². The van der Waals surface area contributed by atoms with Gasteiger partial charge in [0, 0.05) is 12.7 Å². The minimum Gasteiger partial charge on any atom is -0.388 e. The molecule has 2 N–H and O–H groups in total. The molecule has 0 aliphatic carbocycles. The highest BCUT2D eigenvalue weighted by Gasteiger charge is 1.84. The summed E-state index contributed by atoms with van der Waals surface area (Å²) in [6, 6.07) is 8.29. The molecule has 0 amide bonds. The Bertz CT molecular complexity index is 365. The van der Waals surface area contributed by atoms with Gasteiger partial charge in [-0.1, -0.05) is 12.1 Å². The van der Waals surface area contributed by atoms with Crippen molar-refractivity contribution in [1.82, 2.24) is 0 Å². The highest BCUT2D eigenvalue weighted by molar-refractivity contribution is 7.85. The number of aryl methyl sites for hydroxylation is 1.